The third-order valence-electron chi connectivity index (χ3n) is 4.94. The van der Waals surface area contributed by atoms with Crippen molar-refractivity contribution in [3.05, 3.63) is 48.0 Å². The number of nitrogens with one attached hydrogen (secondary N) is 2. The van der Waals surface area contributed by atoms with Crippen LogP contribution in [-0.4, -0.2) is 57.0 Å². The molecule has 0 radical (unpaired) electrons. The summed E-state index contributed by atoms with van der Waals surface area (Å²) in [5, 5.41) is 16.7. The molecule has 4 rings (SSSR count). The number of aliphatic hydroxyl groups is 1. The van der Waals surface area contributed by atoms with Crippen molar-refractivity contribution in [3.63, 3.8) is 0 Å². The number of anilines is 2. The van der Waals surface area contributed by atoms with E-state index in [1.165, 1.54) is 23.5 Å². The number of nitrogens with zero attached hydrogens (tertiary/aromatic N) is 3. The zero-order chi connectivity index (χ0) is 20.4. The molecule has 1 atom stereocenters. The monoisotopic (exact) mass is 391 g/mol. The van der Waals surface area contributed by atoms with Crippen molar-refractivity contribution in [2.75, 3.05) is 24.2 Å². The number of hydrogen-bond acceptors (Lipinski definition) is 6. The lowest BCUT2D eigenvalue weighted by atomic mass is 10.0. The third-order valence-corrected chi connectivity index (χ3v) is 4.94. The summed E-state index contributed by atoms with van der Waals surface area (Å²) in [7, 11) is 1.64. The largest absolute Gasteiger partial charge is 0.381 e. The van der Waals surface area contributed by atoms with Crippen molar-refractivity contribution in [2.24, 2.45) is 0 Å². The van der Waals surface area contributed by atoms with Crippen molar-refractivity contribution >= 4 is 23.2 Å². The van der Waals surface area contributed by atoms with Gasteiger partial charge in [-0.25, -0.2) is 9.97 Å². The molecule has 2 aliphatic rings. The molecule has 1 aromatic heterocycles. The number of aromatic nitrogens is 2. The van der Waals surface area contributed by atoms with E-state index in [4.69, 9.17) is 0 Å². The number of likely N-dealkylation sites (tertiary alicyclic amines) is 1. The van der Waals surface area contributed by atoms with Gasteiger partial charge in [-0.3, -0.25) is 9.59 Å². The maximum absolute atomic E-state index is 12.5. The van der Waals surface area contributed by atoms with E-state index < -0.39 is 11.5 Å². The zero-order valence-corrected chi connectivity index (χ0v) is 16.0. The van der Waals surface area contributed by atoms with Gasteiger partial charge in [0.2, 0.25) is 5.60 Å². The number of likely N-dealkylation sites (N-methyl/N-ethyl adjacent to an activating group) is 1. The average molecular weight is 391 g/mol. The molecule has 0 bridgehead atoms. The summed E-state index contributed by atoms with van der Waals surface area (Å²) in [4.78, 5) is 33.9. The summed E-state index contributed by atoms with van der Waals surface area (Å²) < 4.78 is 0. The summed E-state index contributed by atoms with van der Waals surface area (Å²) in [6.45, 7) is 0.467. The van der Waals surface area contributed by atoms with Gasteiger partial charge in [0, 0.05) is 37.8 Å². The number of hydrogen-bond donors (Lipinski definition) is 3. The van der Waals surface area contributed by atoms with Crippen LogP contribution < -0.4 is 10.6 Å². The second-order valence-electron chi connectivity index (χ2n) is 7.31. The van der Waals surface area contributed by atoms with Crippen molar-refractivity contribution in [1.82, 2.24) is 14.9 Å². The van der Waals surface area contributed by atoms with Gasteiger partial charge in [0.15, 0.2) is 0 Å². The topological polar surface area (TPSA) is 107 Å². The van der Waals surface area contributed by atoms with Crippen LogP contribution in [0.15, 0.2) is 36.8 Å². The Hall–Kier alpha value is -3.44. The molecule has 1 saturated heterocycles. The standard InChI is InChI=1S/C21H21N5O3/c1-26-11-9-21(29,20(26)28)8-6-14-2-5-16(24-15-3-4-15)18(12-14)25-19(27)17-7-10-22-13-23-17/h2,5,7,10,12-13,15,24,29H,3-4,9,11H2,1H3,(H,25,27)/t21-/m0/s1. The predicted octanol–water partition coefficient (Wildman–Crippen LogP) is 1.25. The molecule has 8 heteroatoms. The number of carbonyl (C=O) groups excluding carboxylic acids is 2. The van der Waals surface area contributed by atoms with E-state index in [9.17, 15) is 14.7 Å². The van der Waals surface area contributed by atoms with Gasteiger partial charge >= 0.3 is 0 Å². The maximum atomic E-state index is 12.5. The molecule has 29 heavy (non-hydrogen) atoms. The van der Waals surface area contributed by atoms with Crippen LogP contribution in [0.4, 0.5) is 11.4 Å². The molecule has 2 heterocycles. The molecule has 1 saturated carbocycles. The highest BCUT2D eigenvalue weighted by molar-refractivity contribution is 6.04. The lowest BCUT2D eigenvalue weighted by Gasteiger charge is -2.14. The van der Waals surface area contributed by atoms with Gasteiger partial charge in [-0.2, -0.15) is 0 Å². The smallest absolute Gasteiger partial charge is 0.274 e. The van der Waals surface area contributed by atoms with E-state index >= 15 is 0 Å². The highest BCUT2D eigenvalue weighted by Gasteiger charge is 2.42. The Morgan fingerprint density at radius 1 is 1.31 bits per heavy atom. The van der Waals surface area contributed by atoms with Crippen molar-refractivity contribution in [3.8, 4) is 11.8 Å². The highest BCUT2D eigenvalue weighted by Crippen LogP contribution is 2.30. The SMILES string of the molecule is CN1CC[C@@](O)(C#Cc2ccc(NC3CC3)c(NC(=O)c3ccncn3)c2)C1=O. The van der Waals surface area contributed by atoms with E-state index in [2.05, 4.69) is 32.4 Å². The van der Waals surface area contributed by atoms with Gasteiger partial charge in [0.05, 0.1) is 11.4 Å². The minimum Gasteiger partial charge on any atom is -0.381 e. The van der Waals surface area contributed by atoms with Gasteiger partial charge in [-0.05, 0) is 37.1 Å². The Morgan fingerprint density at radius 3 is 2.79 bits per heavy atom. The molecule has 8 nitrogen and oxygen atoms in total. The molecule has 0 spiro atoms. The second kappa shape index (κ2) is 7.53. The van der Waals surface area contributed by atoms with Gasteiger partial charge in [-0.1, -0.05) is 11.8 Å². The second-order valence-corrected chi connectivity index (χ2v) is 7.31. The van der Waals surface area contributed by atoms with E-state index in [-0.39, 0.29) is 18.0 Å². The lowest BCUT2D eigenvalue weighted by molar-refractivity contribution is -0.137. The molecule has 1 aliphatic heterocycles. The molecule has 3 N–H and O–H groups in total. The first-order valence-corrected chi connectivity index (χ1v) is 9.44. The van der Waals surface area contributed by atoms with Gasteiger partial charge < -0.3 is 20.6 Å². The summed E-state index contributed by atoms with van der Waals surface area (Å²) in [5.74, 6) is 4.82. The molecule has 148 valence electrons. The zero-order valence-electron chi connectivity index (χ0n) is 16.0. The Bertz CT molecular complexity index is 1010. The molecule has 2 amide bonds. The van der Waals surface area contributed by atoms with Crippen LogP contribution in [-0.2, 0) is 4.79 Å². The Balaban J connectivity index is 1.60. The first-order chi connectivity index (χ1) is 13.9. The van der Waals surface area contributed by atoms with Crippen LogP contribution in [0.3, 0.4) is 0 Å². The van der Waals surface area contributed by atoms with Crippen molar-refractivity contribution < 1.29 is 14.7 Å². The molecule has 0 unspecified atom stereocenters. The number of amides is 2. The van der Waals surface area contributed by atoms with Crippen LogP contribution >= 0.6 is 0 Å². The van der Waals surface area contributed by atoms with E-state index in [1.54, 1.807) is 19.2 Å². The van der Waals surface area contributed by atoms with Crippen LogP contribution in [0.2, 0.25) is 0 Å². The van der Waals surface area contributed by atoms with Crippen LogP contribution in [0.5, 0.6) is 0 Å². The summed E-state index contributed by atoms with van der Waals surface area (Å²) >= 11 is 0. The lowest BCUT2D eigenvalue weighted by Crippen LogP contribution is -2.37. The minimum atomic E-state index is -1.66. The molecule has 2 fully saturated rings. The predicted molar refractivity (Wildman–Crippen MR) is 107 cm³/mol. The Labute approximate surface area is 168 Å². The van der Waals surface area contributed by atoms with E-state index in [0.29, 0.717) is 23.8 Å². The normalized spacial score (nSPS) is 20.8. The first kappa shape index (κ1) is 18.9. The molecular weight excluding hydrogens is 370 g/mol. The van der Waals surface area contributed by atoms with E-state index in [1.807, 2.05) is 6.07 Å². The van der Waals surface area contributed by atoms with Crippen molar-refractivity contribution in [2.45, 2.75) is 30.9 Å². The average Bonchev–Trinajstić information content (AvgIpc) is 3.52. The Kier molecular flexibility index (Phi) is 4.91. The first-order valence-electron chi connectivity index (χ1n) is 9.44. The van der Waals surface area contributed by atoms with Gasteiger partial charge in [0.1, 0.15) is 12.0 Å². The molecular formula is C21H21N5O3. The number of benzene rings is 1. The number of carbonyl (C=O) groups is 2. The van der Waals surface area contributed by atoms with Crippen LogP contribution in [0.1, 0.15) is 35.3 Å². The fourth-order valence-corrected chi connectivity index (χ4v) is 3.06. The fourth-order valence-electron chi connectivity index (χ4n) is 3.06. The summed E-state index contributed by atoms with van der Waals surface area (Å²) in [6, 6.07) is 7.29. The van der Waals surface area contributed by atoms with E-state index in [0.717, 1.165) is 18.5 Å². The van der Waals surface area contributed by atoms with Crippen molar-refractivity contribution in [1.29, 1.82) is 0 Å². The fraction of sp³-hybridized carbons (Fsp3) is 0.333. The van der Waals surface area contributed by atoms with Gasteiger partial charge in [0.25, 0.3) is 11.8 Å². The summed E-state index contributed by atoms with van der Waals surface area (Å²) in [5.41, 5.74) is 0.525. The number of rotatable bonds is 4. The maximum Gasteiger partial charge on any atom is 0.274 e. The summed E-state index contributed by atoms with van der Waals surface area (Å²) in [6.07, 6.45) is 5.26. The molecule has 2 aromatic rings. The van der Waals surface area contributed by atoms with Crippen LogP contribution in [0.25, 0.3) is 0 Å². The highest BCUT2D eigenvalue weighted by atomic mass is 16.3. The third kappa shape index (κ3) is 4.20. The van der Waals surface area contributed by atoms with Crippen LogP contribution in [0, 0.1) is 11.8 Å². The van der Waals surface area contributed by atoms with Gasteiger partial charge in [-0.15, -0.1) is 0 Å². The molecule has 1 aliphatic carbocycles. The quantitative estimate of drug-likeness (QED) is 0.677. The Morgan fingerprint density at radius 2 is 2.14 bits per heavy atom. The minimum absolute atomic E-state index is 0.253. The molecule has 1 aromatic carbocycles.